The standard InChI is InChI=1S/C20H30/c1-3-7-15(4-2)18-10-11-19-12-16-8-5-6-9-17(16)13-20(19)14-18/h10-11,14-17H,3-9,12-13H2,1-2H3. The van der Waals surface area contributed by atoms with Crippen molar-refractivity contribution in [3.05, 3.63) is 34.9 Å². The summed E-state index contributed by atoms with van der Waals surface area (Å²) in [7, 11) is 0. The fraction of sp³-hybridized carbons (Fsp3) is 0.700. The largest absolute Gasteiger partial charge is 0.0654 e. The zero-order valence-electron chi connectivity index (χ0n) is 13.3. The van der Waals surface area contributed by atoms with Gasteiger partial charge in [0.25, 0.3) is 0 Å². The molecule has 1 aromatic carbocycles. The van der Waals surface area contributed by atoms with Crippen LogP contribution in [0.4, 0.5) is 0 Å². The summed E-state index contributed by atoms with van der Waals surface area (Å²) in [6, 6.07) is 7.48. The van der Waals surface area contributed by atoms with E-state index in [1.807, 2.05) is 0 Å². The van der Waals surface area contributed by atoms with Gasteiger partial charge < -0.3 is 0 Å². The van der Waals surface area contributed by atoms with Crippen molar-refractivity contribution in [2.45, 2.75) is 77.6 Å². The summed E-state index contributed by atoms with van der Waals surface area (Å²) in [5.41, 5.74) is 4.98. The van der Waals surface area contributed by atoms with E-state index in [0.717, 1.165) is 17.8 Å². The molecule has 20 heavy (non-hydrogen) atoms. The molecule has 3 unspecified atom stereocenters. The first kappa shape index (κ1) is 14.2. The van der Waals surface area contributed by atoms with Crippen molar-refractivity contribution in [2.75, 3.05) is 0 Å². The second-order valence-corrected chi connectivity index (χ2v) is 7.13. The third kappa shape index (κ3) is 2.80. The number of rotatable bonds is 4. The van der Waals surface area contributed by atoms with E-state index in [0.29, 0.717) is 0 Å². The first-order valence-corrected chi connectivity index (χ1v) is 8.93. The maximum absolute atomic E-state index is 2.57. The lowest BCUT2D eigenvalue weighted by molar-refractivity contribution is 0.221. The number of hydrogen-bond donors (Lipinski definition) is 0. The molecule has 1 aromatic rings. The van der Waals surface area contributed by atoms with Crippen molar-refractivity contribution in [1.29, 1.82) is 0 Å². The molecule has 0 heteroatoms. The van der Waals surface area contributed by atoms with Gasteiger partial charge in [0.2, 0.25) is 0 Å². The summed E-state index contributed by atoms with van der Waals surface area (Å²) in [5, 5.41) is 0. The van der Waals surface area contributed by atoms with Crippen molar-refractivity contribution < 1.29 is 0 Å². The molecule has 0 spiro atoms. The van der Waals surface area contributed by atoms with E-state index in [4.69, 9.17) is 0 Å². The zero-order valence-corrected chi connectivity index (χ0v) is 13.3. The minimum absolute atomic E-state index is 0.786. The van der Waals surface area contributed by atoms with Crippen LogP contribution >= 0.6 is 0 Å². The molecule has 0 heterocycles. The molecule has 1 fully saturated rings. The van der Waals surface area contributed by atoms with Crippen LogP contribution in [0.2, 0.25) is 0 Å². The van der Waals surface area contributed by atoms with Crippen LogP contribution in [0, 0.1) is 11.8 Å². The highest BCUT2D eigenvalue weighted by Gasteiger charge is 2.30. The summed E-state index contributed by atoms with van der Waals surface area (Å²) in [6.07, 6.45) is 12.6. The second kappa shape index (κ2) is 6.33. The average Bonchev–Trinajstić information content (AvgIpc) is 2.50. The lowest BCUT2D eigenvalue weighted by atomic mass is 9.68. The average molecular weight is 270 g/mol. The fourth-order valence-corrected chi connectivity index (χ4v) is 4.63. The highest BCUT2D eigenvalue weighted by atomic mass is 14.4. The molecular formula is C20H30. The predicted octanol–water partition coefficient (Wildman–Crippen LogP) is 5.89. The summed E-state index contributed by atoms with van der Waals surface area (Å²) >= 11 is 0. The Hall–Kier alpha value is -0.780. The smallest absolute Gasteiger partial charge is 0.0165 e. The lowest BCUT2D eigenvalue weighted by Gasteiger charge is -2.37. The van der Waals surface area contributed by atoms with Gasteiger partial charge in [0.1, 0.15) is 0 Å². The minimum Gasteiger partial charge on any atom is -0.0654 e. The van der Waals surface area contributed by atoms with Gasteiger partial charge in [-0.15, -0.1) is 0 Å². The molecule has 0 N–H and O–H groups in total. The van der Waals surface area contributed by atoms with Crippen molar-refractivity contribution in [3.63, 3.8) is 0 Å². The molecule has 0 radical (unpaired) electrons. The molecule has 3 rings (SSSR count). The van der Waals surface area contributed by atoms with Crippen LogP contribution in [0.5, 0.6) is 0 Å². The van der Waals surface area contributed by atoms with Gasteiger partial charge in [-0.2, -0.15) is 0 Å². The summed E-state index contributed by atoms with van der Waals surface area (Å²) in [6.45, 7) is 4.66. The highest BCUT2D eigenvalue weighted by molar-refractivity contribution is 5.36. The lowest BCUT2D eigenvalue weighted by Crippen LogP contribution is -2.28. The van der Waals surface area contributed by atoms with E-state index in [9.17, 15) is 0 Å². The minimum atomic E-state index is 0.786. The Bertz CT molecular complexity index is 445. The summed E-state index contributed by atoms with van der Waals surface area (Å²) < 4.78 is 0. The van der Waals surface area contributed by atoms with Crippen LogP contribution in [0.3, 0.4) is 0 Å². The van der Waals surface area contributed by atoms with E-state index in [2.05, 4.69) is 32.0 Å². The van der Waals surface area contributed by atoms with Crippen LogP contribution in [-0.4, -0.2) is 0 Å². The van der Waals surface area contributed by atoms with E-state index in [1.165, 1.54) is 57.8 Å². The number of hydrogen-bond acceptors (Lipinski definition) is 0. The normalized spacial score (nSPS) is 26.7. The number of benzene rings is 1. The summed E-state index contributed by atoms with van der Waals surface area (Å²) in [5.74, 6) is 2.78. The van der Waals surface area contributed by atoms with Crippen molar-refractivity contribution in [1.82, 2.24) is 0 Å². The van der Waals surface area contributed by atoms with Gasteiger partial charge in [-0.3, -0.25) is 0 Å². The van der Waals surface area contributed by atoms with Crippen LogP contribution < -0.4 is 0 Å². The third-order valence-corrected chi connectivity index (χ3v) is 5.86. The Morgan fingerprint density at radius 2 is 1.70 bits per heavy atom. The molecule has 3 atom stereocenters. The number of fused-ring (bicyclic) bond motifs is 2. The molecular weight excluding hydrogens is 240 g/mol. The van der Waals surface area contributed by atoms with E-state index in [-0.39, 0.29) is 0 Å². The van der Waals surface area contributed by atoms with Gasteiger partial charge in [-0.05, 0) is 73.0 Å². The molecule has 0 saturated heterocycles. The first-order valence-electron chi connectivity index (χ1n) is 8.93. The molecule has 0 amide bonds. The van der Waals surface area contributed by atoms with Crippen LogP contribution in [0.1, 0.15) is 81.4 Å². The van der Waals surface area contributed by atoms with Crippen molar-refractivity contribution in [3.8, 4) is 0 Å². The predicted molar refractivity (Wildman–Crippen MR) is 87.2 cm³/mol. The third-order valence-electron chi connectivity index (χ3n) is 5.86. The van der Waals surface area contributed by atoms with Gasteiger partial charge >= 0.3 is 0 Å². The van der Waals surface area contributed by atoms with Gasteiger partial charge in [-0.1, -0.05) is 51.3 Å². The van der Waals surface area contributed by atoms with Crippen LogP contribution in [0.15, 0.2) is 18.2 Å². The molecule has 0 aromatic heterocycles. The molecule has 1 saturated carbocycles. The Kier molecular flexibility index (Phi) is 4.48. The SMILES string of the molecule is CCCC(CC)c1ccc2c(c1)CC1CCCCC1C2. The molecule has 110 valence electrons. The van der Waals surface area contributed by atoms with Crippen molar-refractivity contribution >= 4 is 0 Å². The van der Waals surface area contributed by atoms with Gasteiger partial charge in [-0.25, -0.2) is 0 Å². The van der Waals surface area contributed by atoms with E-state index < -0.39 is 0 Å². The monoisotopic (exact) mass is 270 g/mol. The van der Waals surface area contributed by atoms with Gasteiger partial charge in [0.15, 0.2) is 0 Å². The van der Waals surface area contributed by atoms with Crippen LogP contribution in [-0.2, 0) is 12.8 Å². The Labute approximate surface area is 125 Å². The molecule has 2 aliphatic carbocycles. The Morgan fingerprint density at radius 3 is 2.35 bits per heavy atom. The topological polar surface area (TPSA) is 0 Å². The second-order valence-electron chi connectivity index (χ2n) is 7.13. The first-order chi connectivity index (χ1) is 9.81. The van der Waals surface area contributed by atoms with E-state index >= 15 is 0 Å². The molecule has 0 aliphatic heterocycles. The highest BCUT2D eigenvalue weighted by Crippen LogP contribution is 2.40. The Balaban J connectivity index is 1.82. The maximum atomic E-state index is 2.57. The quantitative estimate of drug-likeness (QED) is 0.640. The van der Waals surface area contributed by atoms with Crippen LogP contribution in [0.25, 0.3) is 0 Å². The Morgan fingerprint density at radius 1 is 1.00 bits per heavy atom. The van der Waals surface area contributed by atoms with Gasteiger partial charge in [0, 0.05) is 0 Å². The maximum Gasteiger partial charge on any atom is -0.0165 e. The van der Waals surface area contributed by atoms with Crippen molar-refractivity contribution in [2.24, 2.45) is 11.8 Å². The van der Waals surface area contributed by atoms with Gasteiger partial charge in [0.05, 0.1) is 0 Å². The zero-order chi connectivity index (χ0) is 13.9. The fourth-order valence-electron chi connectivity index (χ4n) is 4.63. The molecule has 2 aliphatic rings. The van der Waals surface area contributed by atoms with E-state index in [1.54, 1.807) is 16.7 Å². The summed E-state index contributed by atoms with van der Waals surface area (Å²) in [4.78, 5) is 0. The molecule has 0 nitrogen and oxygen atoms in total. The molecule has 0 bridgehead atoms.